The average molecular weight is 328 g/mol. The molecule has 24 heavy (non-hydrogen) atoms. The molecule has 2 aromatic rings. The van der Waals surface area contributed by atoms with E-state index in [1.54, 1.807) is 12.4 Å². The molecule has 0 fully saturated rings. The average Bonchev–Trinajstić information content (AvgIpc) is 2.63. The summed E-state index contributed by atoms with van der Waals surface area (Å²) >= 11 is 0. The van der Waals surface area contributed by atoms with Crippen LogP contribution in [0.25, 0.3) is 0 Å². The molecule has 0 aromatic heterocycles. The highest BCUT2D eigenvalue weighted by Gasteiger charge is 2.03. The number of ether oxygens (including phenoxy) is 2. The van der Waals surface area contributed by atoms with E-state index in [1.807, 2.05) is 48.5 Å². The van der Waals surface area contributed by atoms with Crippen molar-refractivity contribution in [3.63, 3.8) is 0 Å². The van der Waals surface area contributed by atoms with Crippen LogP contribution in [0.1, 0.15) is 11.1 Å². The van der Waals surface area contributed by atoms with Crippen LogP contribution < -0.4 is 9.47 Å². The molecule has 0 heterocycles. The van der Waals surface area contributed by atoms with Gasteiger partial charge in [-0.05, 0) is 24.3 Å². The van der Waals surface area contributed by atoms with E-state index in [0.29, 0.717) is 13.2 Å². The standard InChI is InChI=1S/C18H20N2O4/c1-21-19-13-15-7-3-5-9-17(15)23-11-12-24-18-10-6-4-8-16(18)14-20-22-2/h3-10,13-14H,11-12H2,1-2H3/b19-13+,20-14+. The summed E-state index contributed by atoms with van der Waals surface area (Å²) in [7, 11) is 3.00. The summed E-state index contributed by atoms with van der Waals surface area (Å²) in [5.41, 5.74) is 1.68. The molecule has 0 amide bonds. The van der Waals surface area contributed by atoms with Gasteiger partial charge < -0.3 is 19.1 Å². The van der Waals surface area contributed by atoms with Gasteiger partial charge in [0.15, 0.2) is 0 Å². The number of hydrogen-bond donors (Lipinski definition) is 0. The van der Waals surface area contributed by atoms with Crippen molar-refractivity contribution in [1.82, 2.24) is 0 Å². The number of para-hydroxylation sites is 2. The van der Waals surface area contributed by atoms with Crippen LogP contribution in [-0.2, 0) is 9.68 Å². The van der Waals surface area contributed by atoms with E-state index in [2.05, 4.69) is 10.3 Å². The van der Waals surface area contributed by atoms with Gasteiger partial charge in [-0.2, -0.15) is 0 Å². The lowest BCUT2D eigenvalue weighted by Crippen LogP contribution is -2.10. The molecule has 2 aromatic carbocycles. The summed E-state index contributed by atoms with van der Waals surface area (Å²) in [5, 5.41) is 7.51. The van der Waals surface area contributed by atoms with Gasteiger partial charge >= 0.3 is 0 Å². The number of rotatable bonds is 9. The normalized spacial score (nSPS) is 10.9. The molecule has 126 valence electrons. The first-order valence-electron chi connectivity index (χ1n) is 7.42. The largest absolute Gasteiger partial charge is 0.489 e. The molecule has 0 radical (unpaired) electrons. The van der Waals surface area contributed by atoms with Gasteiger partial charge in [0, 0.05) is 11.1 Å². The van der Waals surface area contributed by atoms with E-state index in [4.69, 9.17) is 19.1 Å². The number of nitrogens with zero attached hydrogens (tertiary/aromatic N) is 2. The molecule has 0 atom stereocenters. The Labute approximate surface area is 141 Å². The van der Waals surface area contributed by atoms with Crippen molar-refractivity contribution in [3.8, 4) is 11.5 Å². The Bertz CT molecular complexity index is 627. The molecule has 0 bridgehead atoms. The second-order valence-corrected chi connectivity index (χ2v) is 4.61. The number of hydrogen-bond acceptors (Lipinski definition) is 6. The summed E-state index contributed by atoms with van der Waals surface area (Å²) in [6.45, 7) is 0.793. The zero-order chi connectivity index (χ0) is 17.0. The number of oxime groups is 2. The van der Waals surface area contributed by atoms with E-state index >= 15 is 0 Å². The second-order valence-electron chi connectivity index (χ2n) is 4.61. The maximum atomic E-state index is 5.75. The predicted molar refractivity (Wildman–Crippen MR) is 93.1 cm³/mol. The maximum absolute atomic E-state index is 5.75. The lowest BCUT2D eigenvalue weighted by atomic mass is 10.2. The zero-order valence-corrected chi connectivity index (χ0v) is 13.7. The lowest BCUT2D eigenvalue weighted by molar-refractivity contribution is 0.212. The molecule has 2 rings (SSSR count). The fraction of sp³-hybridized carbons (Fsp3) is 0.222. The Morgan fingerprint density at radius 2 is 1.12 bits per heavy atom. The van der Waals surface area contributed by atoms with Crippen LogP contribution in [0.3, 0.4) is 0 Å². The first kappa shape index (κ1) is 17.3. The fourth-order valence-electron chi connectivity index (χ4n) is 1.96. The van der Waals surface area contributed by atoms with Crippen LogP contribution in [0.2, 0.25) is 0 Å². The van der Waals surface area contributed by atoms with Crippen molar-refractivity contribution < 1.29 is 19.1 Å². The van der Waals surface area contributed by atoms with E-state index in [0.717, 1.165) is 22.6 Å². The van der Waals surface area contributed by atoms with Gasteiger partial charge in [0.05, 0.1) is 12.4 Å². The third kappa shape index (κ3) is 5.31. The summed E-state index contributed by atoms with van der Waals surface area (Å²) in [5.74, 6) is 1.44. The van der Waals surface area contributed by atoms with Gasteiger partial charge in [-0.1, -0.05) is 34.6 Å². The topological polar surface area (TPSA) is 61.6 Å². The Kier molecular flexibility index (Phi) is 7.14. The minimum Gasteiger partial charge on any atom is -0.489 e. The molecule has 0 saturated heterocycles. The molecule has 0 aliphatic rings. The molecule has 0 unspecified atom stereocenters. The zero-order valence-electron chi connectivity index (χ0n) is 13.7. The van der Waals surface area contributed by atoms with E-state index < -0.39 is 0 Å². The van der Waals surface area contributed by atoms with Gasteiger partial charge in [0.25, 0.3) is 0 Å². The first-order chi connectivity index (χ1) is 11.8. The molecule has 0 spiro atoms. The minimum atomic E-state index is 0.396. The van der Waals surface area contributed by atoms with Crippen LogP contribution in [0.4, 0.5) is 0 Å². The highest BCUT2D eigenvalue weighted by atomic mass is 16.6. The van der Waals surface area contributed by atoms with E-state index in [1.165, 1.54) is 14.2 Å². The second kappa shape index (κ2) is 9.89. The van der Waals surface area contributed by atoms with E-state index in [9.17, 15) is 0 Å². The summed E-state index contributed by atoms with van der Waals surface area (Å²) < 4.78 is 11.5. The summed E-state index contributed by atoms with van der Waals surface area (Å²) in [6.07, 6.45) is 3.21. The van der Waals surface area contributed by atoms with Crippen molar-refractivity contribution in [3.05, 3.63) is 59.7 Å². The molecule has 6 nitrogen and oxygen atoms in total. The molecular weight excluding hydrogens is 308 g/mol. The van der Waals surface area contributed by atoms with Crippen LogP contribution in [0.5, 0.6) is 11.5 Å². The van der Waals surface area contributed by atoms with Crippen LogP contribution in [-0.4, -0.2) is 39.9 Å². The Morgan fingerprint density at radius 3 is 1.54 bits per heavy atom. The van der Waals surface area contributed by atoms with Gasteiger partial charge in [0.1, 0.15) is 38.9 Å². The Hall–Kier alpha value is -3.02. The van der Waals surface area contributed by atoms with Crippen molar-refractivity contribution >= 4 is 12.4 Å². The Morgan fingerprint density at radius 1 is 0.708 bits per heavy atom. The third-order valence-corrected chi connectivity index (χ3v) is 3.03. The maximum Gasteiger partial charge on any atom is 0.128 e. The van der Waals surface area contributed by atoms with Crippen LogP contribution in [0, 0.1) is 0 Å². The number of benzene rings is 2. The van der Waals surface area contributed by atoms with Crippen molar-refractivity contribution in [1.29, 1.82) is 0 Å². The first-order valence-corrected chi connectivity index (χ1v) is 7.42. The lowest BCUT2D eigenvalue weighted by Gasteiger charge is -2.11. The Balaban J connectivity index is 1.90. The fourth-order valence-corrected chi connectivity index (χ4v) is 1.96. The van der Waals surface area contributed by atoms with Gasteiger partial charge in [-0.3, -0.25) is 0 Å². The molecule has 0 N–H and O–H groups in total. The quantitative estimate of drug-likeness (QED) is 0.403. The van der Waals surface area contributed by atoms with Gasteiger partial charge in [-0.15, -0.1) is 0 Å². The molecule has 6 heteroatoms. The molecule has 0 aliphatic heterocycles. The molecular formula is C18H20N2O4. The summed E-state index contributed by atoms with van der Waals surface area (Å²) in [6, 6.07) is 15.2. The van der Waals surface area contributed by atoms with Gasteiger partial charge in [-0.25, -0.2) is 0 Å². The van der Waals surface area contributed by atoms with Crippen molar-refractivity contribution in [2.24, 2.45) is 10.3 Å². The SMILES string of the molecule is CO/N=C/c1ccccc1OCCOc1ccccc1/C=N/OC. The third-order valence-electron chi connectivity index (χ3n) is 3.03. The van der Waals surface area contributed by atoms with Crippen molar-refractivity contribution in [2.75, 3.05) is 27.4 Å². The highest BCUT2D eigenvalue weighted by molar-refractivity contribution is 5.83. The summed E-state index contributed by atoms with van der Waals surface area (Å²) in [4.78, 5) is 9.39. The monoisotopic (exact) mass is 328 g/mol. The smallest absolute Gasteiger partial charge is 0.128 e. The predicted octanol–water partition coefficient (Wildman–Crippen LogP) is 3.11. The van der Waals surface area contributed by atoms with Crippen LogP contribution in [0.15, 0.2) is 58.8 Å². The van der Waals surface area contributed by atoms with Gasteiger partial charge in [0.2, 0.25) is 0 Å². The van der Waals surface area contributed by atoms with Crippen molar-refractivity contribution in [2.45, 2.75) is 0 Å². The van der Waals surface area contributed by atoms with E-state index in [-0.39, 0.29) is 0 Å². The molecule has 0 aliphatic carbocycles. The highest BCUT2D eigenvalue weighted by Crippen LogP contribution is 2.18. The van der Waals surface area contributed by atoms with Crippen LogP contribution >= 0.6 is 0 Å². The minimum absolute atomic E-state index is 0.396. The molecule has 0 saturated carbocycles.